The molecule has 1 radical (unpaired) electrons. The van der Waals surface area contributed by atoms with Crippen LogP contribution in [0.25, 0.3) is 0 Å². The van der Waals surface area contributed by atoms with Crippen molar-refractivity contribution in [1.29, 1.82) is 0 Å². The van der Waals surface area contributed by atoms with Crippen LogP contribution in [0.5, 0.6) is 0 Å². The fraction of sp³-hybridized carbons (Fsp3) is 1.00. The van der Waals surface area contributed by atoms with Crippen LogP contribution in [-0.2, 0) is 0 Å². The molecule has 0 aromatic carbocycles. The van der Waals surface area contributed by atoms with Crippen molar-refractivity contribution >= 4 is 29.6 Å². The van der Waals surface area contributed by atoms with E-state index in [9.17, 15) is 0 Å². The molecule has 0 amide bonds. The van der Waals surface area contributed by atoms with Crippen molar-refractivity contribution in [2.24, 2.45) is 5.73 Å². The Balaban J connectivity index is 0. The maximum Gasteiger partial charge on any atom is 0.0555 e. The first-order valence-electron chi connectivity index (χ1n) is 2.43. The van der Waals surface area contributed by atoms with E-state index in [4.69, 9.17) is 10.8 Å². The van der Waals surface area contributed by atoms with Crippen molar-refractivity contribution in [3.8, 4) is 0 Å². The summed E-state index contributed by atoms with van der Waals surface area (Å²) in [7, 11) is 0. The first-order valence-corrected chi connectivity index (χ1v) is 2.43. The van der Waals surface area contributed by atoms with E-state index in [-0.39, 0.29) is 36.2 Å². The molecule has 0 saturated carbocycles. The minimum Gasteiger partial charge on any atom is -0.395 e. The number of nitrogens with two attached hydrogens (primary N) is 1. The first kappa shape index (κ1) is 11.6. The van der Waals surface area contributed by atoms with E-state index in [1.165, 1.54) is 0 Å². The molecule has 0 aromatic rings. The quantitative estimate of drug-likeness (QED) is 0.307. The van der Waals surface area contributed by atoms with E-state index in [0.717, 1.165) is 6.54 Å². The van der Waals surface area contributed by atoms with E-state index >= 15 is 0 Å². The van der Waals surface area contributed by atoms with E-state index in [1.54, 1.807) is 0 Å². The van der Waals surface area contributed by atoms with Gasteiger partial charge < -0.3 is 16.2 Å². The molecule has 8 heavy (non-hydrogen) atoms. The normalized spacial score (nSPS) is 8.25. The predicted octanol–water partition coefficient (Wildman–Crippen LogP) is -1.85. The molecule has 0 saturated heterocycles. The van der Waals surface area contributed by atoms with Gasteiger partial charge in [-0.2, -0.15) is 0 Å². The smallest absolute Gasteiger partial charge is 0.0555 e. The van der Waals surface area contributed by atoms with Gasteiger partial charge in [-0.05, 0) is 0 Å². The predicted molar refractivity (Wildman–Crippen MR) is 34.8 cm³/mol. The van der Waals surface area contributed by atoms with Crippen molar-refractivity contribution in [1.82, 2.24) is 5.32 Å². The van der Waals surface area contributed by atoms with Gasteiger partial charge in [0.05, 0.1) is 6.61 Å². The molecule has 0 aliphatic rings. The molecular formula is C4H12N2NaO. The average Bonchev–Trinajstić information content (AvgIpc) is 1.69. The summed E-state index contributed by atoms with van der Waals surface area (Å²) in [4.78, 5) is 0. The third-order valence-corrected chi connectivity index (χ3v) is 0.610. The first-order chi connectivity index (χ1) is 3.41. The van der Waals surface area contributed by atoms with Crippen LogP contribution in [0.3, 0.4) is 0 Å². The van der Waals surface area contributed by atoms with Crippen LogP contribution in [0.1, 0.15) is 0 Å². The standard InChI is InChI=1S/C4H12N2O.Na/c5-1-2-6-3-4-7;/h6-7H,1-5H2;. The second-order valence-electron chi connectivity index (χ2n) is 1.26. The molecule has 4 heteroatoms. The summed E-state index contributed by atoms with van der Waals surface area (Å²) in [5, 5.41) is 11.1. The summed E-state index contributed by atoms with van der Waals surface area (Å²) in [5.74, 6) is 0. The molecule has 0 heterocycles. The summed E-state index contributed by atoms with van der Waals surface area (Å²) in [5.41, 5.74) is 5.13. The second kappa shape index (κ2) is 10.8. The van der Waals surface area contributed by atoms with Crippen LogP contribution in [0, 0.1) is 0 Å². The molecule has 0 rings (SSSR count). The van der Waals surface area contributed by atoms with E-state index < -0.39 is 0 Å². The Morgan fingerprint density at radius 3 is 2.38 bits per heavy atom. The van der Waals surface area contributed by atoms with Gasteiger partial charge in [-0.3, -0.25) is 0 Å². The van der Waals surface area contributed by atoms with Gasteiger partial charge in [0.2, 0.25) is 0 Å². The van der Waals surface area contributed by atoms with Gasteiger partial charge in [0.1, 0.15) is 0 Å². The van der Waals surface area contributed by atoms with E-state index in [2.05, 4.69) is 5.32 Å². The summed E-state index contributed by atoms with van der Waals surface area (Å²) in [6, 6.07) is 0. The zero-order valence-electron chi connectivity index (χ0n) is 5.35. The monoisotopic (exact) mass is 127 g/mol. The Hall–Kier alpha value is 0.880. The molecule has 0 unspecified atom stereocenters. The number of aliphatic hydroxyl groups excluding tert-OH is 1. The van der Waals surface area contributed by atoms with E-state index in [1.807, 2.05) is 0 Å². The molecular weight excluding hydrogens is 115 g/mol. The fourth-order valence-electron chi connectivity index (χ4n) is 0.306. The van der Waals surface area contributed by atoms with Gasteiger partial charge >= 0.3 is 0 Å². The van der Waals surface area contributed by atoms with Gasteiger partial charge in [-0.1, -0.05) is 0 Å². The van der Waals surface area contributed by atoms with Crippen molar-refractivity contribution in [3.05, 3.63) is 0 Å². The molecule has 0 aromatic heterocycles. The van der Waals surface area contributed by atoms with Gasteiger partial charge in [-0.25, -0.2) is 0 Å². The van der Waals surface area contributed by atoms with Crippen LogP contribution in [0.4, 0.5) is 0 Å². The largest absolute Gasteiger partial charge is 0.395 e. The SMILES string of the molecule is NCCNCCO.[Na]. The minimum absolute atomic E-state index is 0. The second-order valence-corrected chi connectivity index (χ2v) is 1.26. The number of aliphatic hydroxyl groups is 1. The van der Waals surface area contributed by atoms with Crippen LogP contribution in [0.15, 0.2) is 0 Å². The zero-order chi connectivity index (χ0) is 5.54. The van der Waals surface area contributed by atoms with Gasteiger partial charge in [0, 0.05) is 49.2 Å². The summed E-state index contributed by atoms with van der Waals surface area (Å²) < 4.78 is 0. The van der Waals surface area contributed by atoms with Crippen molar-refractivity contribution in [2.75, 3.05) is 26.2 Å². The van der Waals surface area contributed by atoms with Crippen molar-refractivity contribution in [2.45, 2.75) is 0 Å². The minimum atomic E-state index is 0. The Bertz CT molecular complexity index is 33.2. The number of hydrogen-bond acceptors (Lipinski definition) is 3. The molecule has 3 nitrogen and oxygen atoms in total. The van der Waals surface area contributed by atoms with Crippen molar-refractivity contribution < 1.29 is 5.11 Å². The molecule has 0 bridgehead atoms. The van der Waals surface area contributed by atoms with Crippen LogP contribution in [-0.4, -0.2) is 60.9 Å². The van der Waals surface area contributed by atoms with Crippen LogP contribution >= 0.6 is 0 Å². The van der Waals surface area contributed by atoms with Crippen molar-refractivity contribution in [3.63, 3.8) is 0 Å². The topological polar surface area (TPSA) is 58.3 Å². The maximum absolute atomic E-state index is 8.19. The molecule has 4 N–H and O–H groups in total. The molecule has 0 spiro atoms. The summed E-state index contributed by atoms with van der Waals surface area (Å²) in [6.07, 6.45) is 0. The molecule has 0 atom stereocenters. The Morgan fingerprint density at radius 2 is 2.00 bits per heavy atom. The summed E-state index contributed by atoms with van der Waals surface area (Å²) >= 11 is 0. The average molecular weight is 127 g/mol. The third kappa shape index (κ3) is 9.99. The van der Waals surface area contributed by atoms with Crippen LogP contribution < -0.4 is 11.1 Å². The Morgan fingerprint density at radius 1 is 1.38 bits per heavy atom. The third-order valence-electron chi connectivity index (χ3n) is 0.610. The Labute approximate surface area is 71.9 Å². The number of nitrogens with one attached hydrogen (secondary N) is 1. The van der Waals surface area contributed by atoms with Gasteiger partial charge in [0.25, 0.3) is 0 Å². The molecule has 45 valence electrons. The molecule has 0 aliphatic carbocycles. The molecule has 0 fully saturated rings. The zero-order valence-corrected chi connectivity index (χ0v) is 7.35. The van der Waals surface area contributed by atoms with Gasteiger partial charge in [0.15, 0.2) is 0 Å². The number of rotatable bonds is 4. The van der Waals surface area contributed by atoms with Gasteiger partial charge in [-0.15, -0.1) is 0 Å². The Kier molecular flexibility index (Phi) is 15.7. The maximum atomic E-state index is 8.19. The van der Waals surface area contributed by atoms with E-state index in [0.29, 0.717) is 13.1 Å². The molecule has 0 aliphatic heterocycles. The number of hydrogen-bond donors (Lipinski definition) is 3. The summed E-state index contributed by atoms with van der Waals surface area (Å²) in [6.45, 7) is 2.28. The van der Waals surface area contributed by atoms with Crippen LogP contribution in [0.2, 0.25) is 0 Å². The fourth-order valence-corrected chi connectivity index (χ4v) is 0.306.